The Kier molecular flexibility index (Phi) is 3.91. The van der Waals surface area contributed by atoms with Gasteiger partial charge in [0.2, 0.25) is 0 Å². The first kappa shape index (κ1) is 13.4. The molecule has 0 spiro atoms. The molecule has 2 aromatic rings. The number of thiophene rings is 1. The van der Waals surface area contributed by atoms with Crippen LogP contribution in [0.15, 0.2) is 24.3 Å². The highest BCUT2D eigenvalue weighted by Gasteiger charge is 2.19. The number of hydrogen-bond acceptors (Lipinski definition) is 4. The highest BCUT2D eigenvalue weighted by molar-refractivity contribution is 14.1. The van der Waals surface area contributed by atoms with Crippen molar-refractivity contribution in [2.75, 3.05) is 12.8 Å². The van der Waals surface area contributed by atoms with Gasteiger partial charge in [0.05, 0.1) is 12.8 Å². The average molecular weight is 373 g/mol. The predicted molar refractivity (Wildman–Crippen MR) is 83.0 cm³/mol. The SMILES string of the molecule is COC(=O)c1sc(-c2ccc(I)cc2)c(C)c1N. The number of nitrogen functional groups attached to an aromatic ring is 1. The molecular weight excluding hydrogens is 361 g/mol. The standard InChI is InChI=1S/C13H12INO2S/c1-7-10(15)12(13(16)17-2)18-11(7)8-3-5-9(14)6-4-8/h3-6H,15H2,1-2H3. The average Bonchev–Trinajstić information content (AvgIpc) is 2.67. The number of carbonyl (C=O) groups excluding carboxylic acids is 1. The van der Waals surface area contributed by atoms with Gasteiger partial charge < -0.3 is 10.5 Å². The minimum absolute atomic E-state index is 0.377. The molecule has 3 nitrogen and oxygen atoms in total. The second kappa shape index (κ2) is 5.27. The maximum Gasteiger partial charge on any atom is 0.350 e. The van der Waals surface area contributed by atoms with E-state index in [2.05, 4.69) is 22.6 Å². The van der Waals surface area contributed by atoms with E-state index in [4.69, 9.17) is 10.5 Å². The van der Waals surface area contributed by atoms with Crippen molar-refractivity contribution in [2.45, 2.75) is 6.92 Å². The second-order valence-corrected chi connectivity index (χ2v) is 6.06. The molecule has 1 aromatic heterocycles. The van der Waals surface area contributed by atoms with Crippen LogP contribution in [-0.2, 0) is 4.74 Å². The summed E-state index contributed by atoms with van der Waals surface area (Å²) in [6.45, 7) is 1.92. The summed E-state index contributed by atoms with van der Waals surface area (Å²) in [5.41, 5.74) is 8.47. The van der Waals surface area contributed by atoms with Gasteiger partial charge in [0.1, 0.15) is 4.88 Å². The summed E-state index contributed by atoms with van der Waals surface area (Å²) in [6.07, 6.45) is 0. The molecule has 18 heavy (non-hydrogen) atoms. The third-order valence-corrected chi connectivity index (χ3v) is 4.73. The zero-order chi connectivity index (χ0) is 13.3. The molecule has 0 bridgehead atoms. The van der Waals surface area contributed by atoms with Gasteiger partial charge in [0.15, 0.2) is 0 Å². The topological polar surface area (TPSA) is 52.3 Å². The highest BCUT2D eigenvalue weighted by Crippen LogP contribution is 2.38. The maximum atomic E-state index is 11.6. The van der Waals surface area contributed by atoms with E-state index in [-0.39, 0.29) is 5.97 Å². The number of anilines is 1. The number of nitrogens with two attached hydrogens (primary N) is 1. The summed E-state index contributed by atoms with van der Waals surface area (Å²) >= 11 is 3.63. The number of hydrogen-bond donors (Lipinski definition) is 1. The number of carbonyl (C=O) groups is 1. The van der Waals surface area contributed by atoms with Crippen molar-refractivity contribution in [3.63, 3.8) is 0 Å². The van der Waals surface area contributed by atoms with Gasteiger partial charge in [-0.3, -0.25) is 0 Å². The first-order valence-electron chi connectivity index (χ1n) is 5.27. The molecule has 0 saturated carbocycles. The zero-order valence-corrected chi connectivity index (χ0v) is 13.0. The Morgan fingerprint density at radius 3 is 2.50 bits per heavy atom. The van der Waals surface area contributed by atoms with Gasteiger partial charge in [-0.15, -0.1) is 11.3 Å². The molecule has 0 fully saturated rings. The lowest BCUT2D eigenvalue weighted by Crippen LogP contribution is -2.01. The molecule has 0 amide bonds. The van der Waals surface area contributed by atoms with Crippen molar-refractivity contribution in [3.8, 4) is 10.4 Å². The first-order valence-corrected chi connectivity index (χ1v) is 7.17. The van der Waals surface area contributed by atoms with Crippen molar-refractivity contribution in [2.24, 2.45) is 0 Å². The molecule has 0 radical (unpaired) electrons. The van der Waals surface area contributed by atoms with Crippen molar-refractivity contribution in [3.05, 3.63) is 38.3 Å². The van der Waals surface area contributed by atoms with Crippen LogP contribution in [0.2, 0.25) is 0 Å². The van der Waals surface area contributed by atoms with E-state index >= 15 is 0 Å². The molecule has 0 aliphatic heterocycles. The van der Waals surface area contributed by atoms with Crippen LogP contribution in [0.1, 0.15) is 15.2 Å². The summed E-state index contributed by atoms with van der Waals surface area (Å²) in [4.78, 5) is 13.1. The predicted octanol–water partition coefficient (Wildman–Crippen LogP) is 3.70. The smallest absolute Gasteiger partial charge is 0.350 e. The lowest BCUT2D eigenvalue weighted by molar-refractivity contribution is 0.0607. The van der Waals surface area contributed by atoms with E-state index in [1.54, 1.807) is 0 Å². The summed E-state index contributed by atoms with van der Waals surface area (Å²) < 4.78 is 5.90. The van der Waals surface area contributed by atoms with Crippen LogP contribution >= 0.6 is 33.9 Å². The Morgan fingerprint density at radius 2 is 1.94 bits per heavy atom. The van der Waals surface area contributed by atoms with Crippen molar-refractivity contribution in [1.29, 1.82) is 0 Å². The van der Waals surface area contributed by atoms with E-state index < -0.39 is 0 Å². The molecule has 0 atom stereocenters. The Balaban J connectivity index is 2.52. The molecule has 1 heterocycles. The second-order valence-electron chi connectivity index (χ2n) is 3.80. The number of rotatable bonds is 2. The van der Waals surface area contributed by atoms with Gasteiger partial charge in [0.25, 0.3) is 0 Å². The monoisotopic (exact) mass is 373 g/mol. The number of methoxy groups -OCH3 is 1. The first-order chi connectivity index (χ1) is 8.54. The molecule has 0 saturated heterocycles. The van der Waals surface area contributed by atoms with E-state index in [9.17, 15) is 4.79 Å². The molecule has 1 aromatic carbocycles. The van der Waals surface area contributed by atoms with E-state index in [1.165, 1.54) is 22.0 Å². The summed E-state index contributed by atoms with van der Waals surface area (Å²) in [5.74, 6) is -0.377. The molecule has 94 valence electrons. The third-order valence-electron chi connectivity index (χ3n) is 2.67. The summed E-state index contributed by atoms with van der Waals surface area (Å²) in [6, 6.07) is 8.12. The zero-order valence-electron chi connectivity index (χ0n) is 9.99. The Morgan fingerprint density at radius 1 is 1.33 bits per heavy atom. The van der Waals surface area contributed by atoms with Crippen LogP contribution in [0.4, 0.5) is 5.69 Å². The Hall–Kier alpha value is -1.08. The summed E-state index contributed by atoms with van der Waals surface area (Å²) in [5, 5.41) is 0. The molecule has 5 heteroatoms. The van der Waals surface area contributed by atoms with Crippen molar-refractivity contribution >= 4 is 45.6 Å². The number of ether oxygens (including phenoxy) is 1. The van der Waals surface area contributed by atoms with Gasteiger partial charge in [-0.2, -0.15) is 0 Å². The van der Waals surface area contributed by atoms with Crippen LogP contribution in [0.25, 0.3) is 10.4 Å². The highest BCUT2D eigenvalue weighted by atomic mass is 127. The van der Waals surface area contributed by atoms with Crippen molar-refractivity contribution < 1.29 is 9.53 Å². The normalized spacial score (nSPS) is 10.4. The van der Waals surface area contributed by atoms with Crippen LogP contribution in [0.5, 0.6) is 0 Å². The summed E-state index contributed by atoms with van der Waals surface area (Å²) in [7, 11) is 1.36. The molecule has 0 aliphatic rings. The van der Waals surface area contributed by atoms with Crippen LogP contribution in [0.3, 0.4) is 0 Å². The molecule has 0 aliphatic carbocycles. The van der Waals surface area contributed by atoms with E-state index in [1.807, 2.05) is 31.2 Å². The Bertz CT molecular complexity index is 590. The fourth-order valence-electron chi connectivity index (χ4n) is 1.65. The van der Waals surface area contributed by atoms with Crippen LogP contribution in [0, 0.1) is 10.5 Å². The largest absolute Gasteiger partial charge is 0.465 e. The van der Waals surface area contributed by atoms with Gasteiger partial charge in [-0.25, -0.2) is 4.79 Å². The van der Waals surface area contributed by atoms with Crippen molar-refractivity contribution in [1.82, 2.24) is 0 Å². The fourth-order valence-corrected chi connectivity index (χ4v) is 3.16. The van der Waals surface area contributed by atoms with E-state index in [0.717, 1.165) is 16.0 Å². The molecule has 0 unspecified atom stereocenters. The number of esters is 1. The minimum atomic E-state index is -0.377. The van der Waals surface area contributed by atoms with Gasteiger partial charge in [-0.1, -0.05) is 12.1 Å². The molecular formula is C13H12INO2S. The van der Waals surface area contributed by atoms with E-state index in [0.29, 0.717) is 10.6 Å². The maximum absolute atomic E-state index is 11.6. The van der Waals surface area contributed by atoms with Crippen LogP contribution in [-0.4, -0.2) is 13.1 Å². The molecule has 2 rings (SSSR count). The van der Waals surface area contributed by atoms with Gasteiger partial charge in [0, 0.05) is 8.45 Å². The lowest BCUT2D eigenvalue weighted by atomic mass is 10.1. The number of benzene rings is 1. The fraction of sp³-hybridized carbons (Fsp3) is 0.154. The Labute approximate surface area is 123 Å². The number of halogens is 1. The van der Waals surface area contributed by atoms with Gasteiger partial charge >= 0.3 is 5.97 Å². The molecule has 2 N–H and O–H groups in total. The van der Waals surface area contributed by atoms with Gasteiger partial charge in [-0.05, 0) is 52.8 Å². The lowest BCUT2D eigenvalue weighted by Gasteiger charge is -2.00. The minimum Gasteiger partial charge on any atom is -0.465 e. The third kappa shape index (κ3) is 2.37. The van der Waals surface area contributed by atoms with Crippen LogP contribution < -0.4 is 5.73 Å². The quantitative estimate of drug-likeness (QED) is 0.645.